The van der Waals surface area contributed by atoms with Gasteiger partial charge in [0.2, 0.25) is 0 Å². The first-order chi connectivity index (χ1) is 7.47. The van der Waals surface area contributed by atoms with Crippen LogP contribution in [0.5, 0.6) is 0 Å². The van der Waals surface area contributed by atoms with E-state index in [1.54, 1.807) is 6.07 Å². The SMILES string of the molecule is CCCC(C)CS(=O)(=O)c1ccccc1F. The second kappa shape index (κ2) is 5.43. The van der Waals surface area contributed by atoms with Crippen molar-refractivity contribution in [1.29, 1.82) is 0 Å². The Balaban J connectivity index is 2.91. The smallest absolute Gasteiger partial charge is 0.181 e. The van der Waals surface area contributed by atoms with E-state index in [1.165, 1.54) is 18.2 Å². The molecule has 0 aromatic heterocycles. The molecule has 1 atom stereocenters. The lowest BCUT2D eigenvalue weighted by Crippen LogP contribution is -2.15. The van der Waals surface area contributed by atoms with Crippen LogP contribution in [0.1, 0.15) is 26.7 Å². The summed E-state index contributed by atoms with van der Waals surface area (Å²) in [5.74, 6) is -0.581. The van der Waals surface area contributed by atoms with E-state index in [4.69, 9.17) is 0 Å². The molecule has 0 bridgehead atoms. The fourth-order valence-electron chi connectivity index (χ4n) is 1.74. The molecule has 0 fully saturated rings. The third-order valence-electron chi connectivity index (χ3n) is 2.46. The molecular weight excluding hydrogens is 227 g/mol. The topological polar surface area (TPSA) is 34.1 Å². The van der Waals surface area contributed by atoms with Gasteiger partial charge >= 0.3 is 0 Å². The highest BCUT2D eigenvalue weighted by Crippen LogP contribution is 2.19. The van der Waals surface area contributed by atoms with Crippen LogP contribution in [0, 0.1) is 11.7 Å². The summed E-state index contributed by atoms with van der Waals surface area (Å²) < 4.78 is 37.1. The van der Waals surface area contributed by atoms with Crippen molar-refractivity contribution in [2.75, 3.05) is 5.75 Å². The van der Waals surface area contributed by atoms with E-state index in [0.29, 0.717) is 0 Å². The van der Waals surface area contributed by atoms with Crippen LogP contribution in [0.15, 0.2) is 29.2 Å². The molecule has 0 aliphatic carbocycles. The number of halogens is 1. The van der Waals surface area contributed by atoms with Crippen LogP contribution in [-0.2, 0) is 9.84 Å². The maximum absolute atomic E-state index is 13.3. The highest BCUT2D eigenvalue weighted by atomic mass is 32.2. The van der Waals surface area contributed by atoms with Gasteiger partial charge in [0.1, 0.15) is 10.7 Å². The molecular formula is C12H17FO2S. The van der Waals surface area contributed by atoms with Gasteiger partial charge in [0.15, 0.2) is 9.84 Å². The summed E-state index contributed by atoms with van der Waals surface area (Å²) in [5.41, 5.74) is 0. The van der Waals surface area contributed by atoms with Crippen molar-refractivity contribution >= 4 is 9.84 Å². The van der Waals surface area contributed by atoms with Gasteiger partial charge in [0.05, 0.1) is 5.75 Å². The monoisotopic (exact) mass is 244 g/mol. The molecule has 1 aromatic rings. The molecule has 90 valence electrons. The summed E-state index contributed by atoms with van der Waals surface area (Å²) in [6, 6.07) is 5.53. The molecule has 1 rings (SSSR count). The lowest BCUT2D eigenvalue weighted by Gasteiger charge is -2.11. The standard InChI is InChI=1S/C12H17FO2S/c1-3-6-10(2)9-16(14,15)12-8-5-4-7-11(12)13/h4-5,7-8,10H,3,6,9H2,1-2H3. The van der Waals surface area contributed by atoms with Crippen LogP contribution in [-0.4, -0.2) is 14.2 Å². The molecule has 0 saturated heterocycles. The van der Waals surface area contributed by atoms with E-state index in [0.717, 1.165) is 12.8 Å². The second-order valence-electron chi connectivity index (χ2n) is 4.11. The Morgan fingerprint density at radius 2 is 1.94 bits per heavy atom. The molecule has 1 aromatic carbocycles. The quantitative estimate of drug-likeness (QED) is 0.797. The Morgan fingerprint density at radius 1 is 1.31 bits per heavy atom. The number of benzene rings is 1. The average Bonchev–Trinajstić information content (AvgIpc) is 2.17. The minimum Gasteiger partial charge on any atom is -0.224 e. The van der Waals surface area contributed by atoms with E-state index in [1.807, 2.05) is 13.8 Å². The Kier molecular flexibility index (Phi) is 4.47. The molecule has 0 amide bonds. The van der Waals surface area contributed by atoms with E-state index in [2.05, 4.69) is 0 Å². The van der Waals surface area contributed by atoms with Gasteiger partial charge in [-0.25, -0.2) is 12.8 Å². The first kappa shape index (κ1) is 13.2. The van der Waals surface area contributed by atoms with Gasteiger partial charge < -0.3 is 0 Å². The highest BCUT2D eigenvalue weighted by Gasteiger charge is 2.21. The Hall–Kier alpha value is -0.900. The molecule has 2 nitrogen and oxygen atoms in total. The summed E-state index contributed by atoms with van der Waals surface area (Å²) in [7, 11) is -3.49. The van der Waals surface area contributed by atoms with Crippen molar-refractivity contribution < 1.29 is 12.8 Å². The first-order valence-electron chi connectivity index (χ1n) is 5.44. The van der Waals surface area contributed by atoms with Crippen LogP contribution < -0.4 is 0 Å². The molecule has 0 saturated carbocycles. The van der Waals surface area contributed by atoms with Crippen LogP contribution in [0.4, 0.5) is 4.39 Å². The summed E-state index contributed by atoms with van der Waals surface area (Å²) in [6.45, 7) is 3.88. The maximum Gasteiger partial charge on any atom is 0.181 e. The average molecular weight is 244 g/mol. The van der Waals surface area contributed by atoms with Crippen LogP contribution >= 0.6 is 0 Å². The minimum atomic E-state index is -3.49. The van der Waals surface area contributed by atoms with Gasteiger partial charge in [-0.3, -0.25) is 0 Å². The van der Waals surface area contributed by atoms with Crippen molar-refractivity contribution in [1.82, 2.24) is 0 Å². The van der Waals surface area contributed by atoms with Crippen molar-refractivity contribution in [3.8, 4) is 0 Å². The predicted octanol–water partition coefficient (Wildman–Crippen LogP) is 3.04. The Labute approximate surface area is 96.4 Å². The first-order valence-corrected chi connectivity index (χ1v) is 7.10. The molecule has 0 radical (unpaired) electrons. The van der Waals surface area contributed by atoms with Gasteiger partial charge in [-0.05, 0) is 24.5 Å². The number of rotatable bonds is 5. The third-order valence-corrected chi connectivity index (χ3v) is 4.47. The van der Waals surface area contributed by atoms with E-state index < -0.39 is 15.7 Å². The molecule has 0 aliphatic rings. The number of sulfone groups is 1. The van der Waals surface area contributed by atoms with Crippen LogP contribution in [0.3, 0.4) is 0 Å². The van der Waals surface area contributed by atoms with Gasteiger partial charge in [0.25, 0.3) is 0 Å². The van der Waals surface area contributed by atoms with Crippen molar-refractivity contribution in [3.63, 3.8) is 0 Å². The number of hydrogen-bond acceptors (Lipinski definition) is 2. The van der Waals surface area contributed by atoms with E-state index >= 15 is 0 Å². The predicted molar refractivity (Wildman–Crippen MR) is 62.5 cm³/mol. The zero-order chi connectivity index (χ0) is 12.2. The second-order valence-corrected chi connectivity index (χ2v) is 6.11. The van der Waals surface area contributed by atoms with Gasteiger partial charge in [-0.15, -0.1) is 0 Å². The van der Waals surface area contributed by atoms with Crippen LogP contribution in [0.25, 0.3) is 0 Å². The lowest BCUT2D eigenvalue weighted by molar-refractivity contribution is 0.535. The molecule has 1 unspecified atom stereocenters. The fraction of sp³-hybridized carbons (Fsp3) is 0.500. The van der Waals surface area contributed by atoms with Gasteiger partial charge in [0, 0.05) is 0 Å². The summed E-state index contributed by atoms with van der Waals surface area (Å²) >= 11 is 0. The molecule has 0 aliphatic heterocycles. The Morgan fingerprint density at radius 3 is 2.50 bits per heavy atom. The third kappa shape index (κ3) is 3.30. The van der Waals surface area contributed by atoms with E-state index in [-0.39, 0.29) is 16.6 Å². The number of hydrogen-bond donors (Lipinski definition) is 0. The fourth-order valence-corrected chi connectivity index (χ4v) is 3.48. The molecule has 0 spiro atoms. The van der Waals surface area contributed by atoms with Crippen molar-refractivity contribution in [2.24, 2.45) is 5.92 Å². The molecule has 0 N–H and O–H groups in total. The van der Waals surface area contributed by atoms with E-state index in [9.17, 15) is 12.8 Å². The molecule has 4 heteroatoms. The maximum atomic E-state index is 13.3. The van der Waals surface area contributed by atoms with Gasteiger partial charge in [-0.1, -0.05) is 32.4 Å². The summed E-state index contributed by atoms with van der Waals surface area (Å²) in [5, 5.41) is 0. The van der Waals surface area contributed by atoms with Crippen molar-refractivity contribution in [2.45, 2.75) is 31.6 Å². The molecule has 0 heterocycles. The highest BCUT2D eigenvalue weighted by molar-refractivity contribution is 7.91. The molecule has 16 heavy (non-hydrogen) atoms. The van der Waals surface area contributed by atoms with Gasteiger partial charge in [-0.2, -0.15) is 0 Å². The Bertz CT molecular complexity index is 440. The zero-order valence-electron chi connectivity index (χ0n) is 9.61. The minimum absolute atomic E-state index is 0.0156. The van der Waals surface area contributed by atoms with Crippen LogP contribution in [0.2, 0.25) is 0 Å². The normalized spacial score (nSPS) is 13.7. The zero-order valence-corrected chi connectivity index (χ0v) is 10.4. The lowest BCUT2D eigenvalue weighted by atomic mass is 10.1. The largest absolute Gasteiger partial charge is 0.224 e. The summed E-state index contributed by atoms with van der Waals surface area (Å²) in [6.07, 6.45) is 1.78. The van der Waals surface area contributed by atoms with Crippen molar-refractivity contribution in [3.05, 3.63) is 30.1 Å². The summed E-state index contributed by atoms with van der Waals surface area (Å²) in [4.78, 5) is -0.182.